The van der Waals surface area contributed by atoms with Crippen LogP contribution < -0.4 is 0 Å². The number of rotatable bonds is 4. The summed E-state index contributed by atoms with van der Waals surface area (Å²) in [5.41, 5.74) is 0.868. The van der Waals surface area contributed by atoms with Crippen LogP contribution in [0.3, 0.4) is 0 Å². The molecule has 1 N–H and O–H groups in total. The van der Waals surface area contributed by atoms with E-state index in [9.17, 15) is 9.59 Å². The van der Waals surface area contributed by atoms with Gasteiger partial charge >= 0.3 is 5.97 Å². The van der Waals surface area contributed by atoms with Crippen molar-refractivity contribution < 1.29 is 14.7 Å². The van der Waals surface area contributed by atoms with Crippen molar-refractivity contribution in [3.63, 3.8) is 0 Å². The van der Waals surface area contributed by atoms with Crippen LogP contribution in [0.5, 0.6) is 0 Å². The first-order valence-corrected chi connectivity index (χ1v) is 6.54. The number of carboxylic acids is 1. The maximum absolute atomic E-state index is 12.0. The molecule has 1 aliphatic heterocycles. The van der Waals surface area contributed by atoms with Gasteiger partial charge in [0.05, 0.1) is 12.2 Å². The molecule has 1 saturated heterocycles. The highest BCUT2D eigenvalue weighted by atomic mass is 16.4. The molecule has 0 spiro atoms. The van der Waals surface area contributed by atoms with Gasteiger partial charge in [-0.15, -0.1) is 0 Å². The van der Waals surface area contributed by atoms with Gasteiger partial charge in [0.2, 0.25) is 5.91 Å². The Bertz CT molecular complexity index is 447. The lowest BCUT2D eigenvalue weighted by Crippen LogP contribution is -2.30. The van der Waals surface area contributed by atoms with Crippen molar-refractivity contribution in [1.29, 1.82) is 0 Å². The first-order valence-electron chi connectivity index (χ1n) is 6.54. The molecular weight excluding hydrogens is 244 g/mol. The molecule has 5 nitrogen and oxygen atoms in total. The van der Waals surface area contributed by atoms with Crippen molar-refractivity contribution in [3.8, 4) is 0 Å². The Balaban J connectivity index is 1.95. The number of amides is 1. The predicted octanol–water partition coefficient (Wildman–Crippen LogP) is 1.69. The van der Waals surface area contributed by atoms with Gasteiger partial charge in [-0.3, -0.25) is 14.6 Å². The highest BCUT2D eigenvalue weighted by Crippen LogP contribution is 2.22. The molecule has 0 aromatic carbocycles. The molecule has 1 amide bonds. The van der Waals surface area contributed by atoms with E-state index in [0.29, 0.717) is 25.9 Å². The number of aliphatic carboxylic acids is 1. The predicted molar refractivity (Wildman–Crippen MR) is 69.2 cm³/mol. The van der Waals surface area contributed by atoms with E-state index >= 15 is 0 Å². The van der Waals surface area contributed by atoms with Crippen molar-refractivity contribution in [2.75, 3.05) is 6.54 Å². The number of nitrogens with zero attached hydrogens (tertiary/aromatic N) is 2. The highest BCUT2D eigenvalue weighted by molar-refractivity contribution is 5.76. The van der Waals surface area contributed by atoms with E-state index in [2.05, 4.69) is 4.98 Å². The van der Waals surface area contributed by atoms with Crippen LogP contribution >= 0.6 is 0 Å². The number of likely N-dealkylation sites (tertiary alicyclic amines) is 1. The number of aromatic nitrogens is 1. The summed E-state index contributed by atoms with van der Waals surface area (Å²) in [5, 5.41) is 8.82. The molecular formula is C14H18N2O3. The van der Waals surface area contributed by atoms with Gasteiger partial charge in [-0.2, -0.15) is 0 Å². The molecule has 1 fully saturated rings. The van der Waals surface area contributed by atoms with Crippen molar-refractivity contribution in [3.05, 3.63) is 30.1 Å². The Kier molecular flexibility index (Phi) is 4.49. The van der Waals surface area contributed by atoms with Gasteiger partial charge in [0.1, 0.15) is 0 Å². The van der Waals surface area contributed by atoms with E-state index in [4.69, 9.17) is 5.11 Å². The Morgan fingerprint density at radius 3 is 2.95 bits per heavy atom. The zero-order valence-corrected chi connectivity index (χ0v) is 10.8. The summed E-state index contributed by atoms with van der Waals surface area (Å²) in [4.78, 5) is 28.7. The van der Waals surface area contributed by atoms with Crippen molar-refractivity contribution >= 4 is 11.9 Å². The fourth-order valence-corrected chi connectivity index (χ4v) is 2.40. The van der Waals surface area contributed by atoms with Gasteiger partial charge < -0.3 is 10.0 Å². The van der Waals surface area contributed by atoms with E-state index in [1.807, 2.05) is 18.2 Å². The van der Waals surface area contributed by atoms with E-state index in [1.54, 1.807) is 11.1 Å². The summed E-state index contributed by atoms with van der Waals surface area (Å²) in [7, 11) is 0. The summed E-state index contributed by atoms with van der Waals surface area (Å²) in [6.45, 7) is 1.13. The van der Waals surface area contributed by atoms with E-state index in [1.165, 1.54) is 0 Å². The molecule has 0 radical (unpaired) electrons. The summed E-state index contributed by atoms with van der Waals surface area (Å²) in [6.07, 6.45) is 3.73. The Morgan fingerprint density at radius 1 is 1.42 bits per heavy atom. The molecule has 1 unspecified atom stereocenters. The molecule has 0 saturated carbocycles. The summed E-state index contributed by atoms with van der Waals surface area (Å²) < 4.78 is 0. The number of carbonyl (C=O) groups is 2. The number of hydrogen-bond acceptors (Lipinski definition) is 3. The average molecular weight is 262 g/mol. The second kappa shape index (κ2) is 6.31. The standard InChI is InChI=1S/C14H18N2O3/c17-13-5-4-11(9-14(18)19)6-8-16(13)10-12-3-1-2-7-15-12/h1-3,7,11H,4-6,8-10H2,(H,18,19). The van der Waals surface area contributed by atoms with Crippen LogP contribution in [0.25, 0.3) is 0 Å². The second-order valence-corrected chi connectivity index (χ2v) is 4.93. The Hall–Kier alpha value is -1.91. The van der Waals surface area contributed by atoms with Gasteiger partial charge in [0, 0.05) is 25.6 Å². The van der Waals surface area contributed by atoms with Crippen LogP contribution in [0.4, 0.5) is 0 Å². The number of hydrogen-bond donors (Lipinski definition) is 1. The lowest BCUT2D eigenvalue weighted by atomic mass is 9.97. The topological polar surface area (TPSA) is 70.5 Å². The summed E-state index contributed by atoms with van der Waals surface area (Å²) >= 11 is 0. The molecule has 19 heavy (non-hydrogen) atoms. The second-order valence-electron chi connectivity index (χ2n) is 4.93. The zero-order valence-electron chi connectivity index (χ0n) is 10.8. The van der Waals surface area contributed by atoms with E-state index in [0.717, 1.165) is 12.1 Å². The highest BCUT2D eigenvalue weighted by Gasteiger charge is 2.24. The zero-order chi connectivity index (χ0) is 13.7. The molecule has 2 rings (SSSR count). The third kappa shape index (κ3) is 4.05. The lowest BCUT2D eigenvalue weighted by molar-refractivity contribution is -0.138. The van der Waals surface area contributed by atoms with Crippen LogP contribution in [0.15, 0.2) is 24.4 Å². The third-order valence-electron chi connectivity index (χ3n) is 3.47. The fraction of sp³-hybridized carbons (Fsp3) is 0.500. The fourth-order valence-electron chi connectivity index (χ4n) is 2.40. The van der Waals surface area contributed by atoms with Crippen LogP contribution in [-0.4, -0.2) is 33.4 Å². The minimum atomic E-state index is -0.782. The molecule has 0 aliphatic carbocycles. The molecule has 1 aromatic rings. The van der Waals surface area contributed by atoms with Gasteiger partial charge in [-0.25, -0.2) is 0 Å². The average Bonchev–Trinajstić information content (AvgIpc) is 2.55. The quantitative estimate of drug-likeness (QED) is 0.896. The summed E-state index contributed by atoms with van der Waals surface area (Å²) in [6, 6.07) is 5.64. The molecule has 1 aliphatic rings. The van der Waals surface area contributed by atoms with Gasteiger partial charge in [0.25, 0.3) is 0 Å². The van der Waals surface area contributed by atoms with Gasteiger partial charge in [0.15, 0.2) is 0 Å². The molecule has 102 valence electrons. The molecule has 2 heterocycles. The van der Waals surface area contributed by atoms with Crippen LogP contribution in [0.1, 0.15) is 31.4 Å². The monoisotopic (exact) mass is 262 g/mol. The van der Waals surface area contributed by atoms with Crippen molar-refractivity contribution in [2.45, 2.75) is 32.2 Å². The first-order chi connectivity index (χ1) is 9.15. The minimum Gasteiger partial charge on any atom is -0.481 e. The maximum Gasteiger partial charge on any atom is 0.303 e. The molecule has 1 aromatic heterocycles. The molecule has 1 atom stereocenters. The number of carbonyl (C=O) groups excluding carboxylic acids is 1. The van der Waals surface area contributed by atoms with E-state index < -0.39 is 5.97 Å². The molecule has 5 heteroatoms. The van der Waals surface area contributed by atoms with Gasteiger partial charge in [-0.05, 0) is 30.9 Å². The Labute approximate surface area is 112 Å². The van der Waals surface area contributed by atoms with Crippen molar-refractivity contribution in [2.24, 2.45) is 5.92 Å². The van der Waals surface area contributed by atoms with Gasteiger partial charge in [-0.1, -0.05) is 6.07 Å². The SMILES string of the molecule is O=C(O)CC1CCC(=O)N(Cc2ccccn2)CC1. The normalized spacial score (nSPS) is 20.1. The van der Waals surface area contributed by atoms with Crippen LogP contribution in [0.2, 0.25) is 0 Å². The van der Waals surface area contributed by atoms with Crippen LogP contribution in [0, 0.1) is 5.92 Å². The largest absolute Gasteiger partial charge is 0.481 e. The minimum absolute atomic E-state index is 0.0959. The number of carboxylic acid groups (broad SMARTS) is 1. The number of pyridine rings is 1. The third-order valence-corrected chi connectivity index (χ3v) is 3.47. The Morgan fingerprint density at radius 2 is 2.26 bits per heavy atom. The smallest absolute Gasteiger partial charge is 0.303 e. The maximum atomic E-state index is 12.0. The van der Waals surface area contributed by atoms with Crippen molar-refractivity contribution in [1.82, 2.24) is 9.88 Å². The van der Waals surface area contributed by atoms with E-state index in [-0.39, 0.29) is 18.2 Å². The lowest BCUT2D eigenvalue weighted by Gasteiger charge is -2.20. The molecule has 0 bridgehead atoms. The first kappa shape index (κ1) is 13.5. The van der Waals surface area contributed by atoms with Crippen LogP contribution in [-0.2, 0) is 16.1 Å². The summed E-state index contributed by atoms with van der Waals surface area (Å²) in [5.74, 6) is -0.579.